The van der Waals surface area contributed by atoms with Gasteiger partial charge in [-0.05, 0) is 31.2 Å². The van der Waals surface area contributed by atoms with E-state index in [0.717, 1.165) is 0 Å². The fourth-order valence-corrected chi connectivity index (χ4v) is 2.39. The first-order chi connectivity index (χ1) is 7.59. The van der Waals surface area contributed by atoms with Gasteiger partial charge in [-0.15, -0.1) is 11.8 Å². The van der Waals surface area contributed by atoms with Gasteiger partial charge < -0.3 is 0 Å². The summed E-state index contributed by atoms with van der Waals surface area (Å²) in [6.45, 7) is 1.81. The molecule has 1 aromatic rings. The van der Waals surface area contributed by atoms with Gasteiger partial charge in [0.1, 0.15) is 0 Å². The molecule has 0 N–H and O–H groups in total. The summed E-state index contributed by atoms with van der Waals surface area (Å²) in [7, 11) is 0. The van der Waals surface area contributed by atoms with Gasteiger partial charge in [0, 0.05) is 5.02 Å². The Morgan fingerprint density at radius 1 is 1.31 bits per heavy atom. The summed E-state index contributed by atoms with van der Waals surface area (Å²) < 4.78 is 0. The number of amides is 2. The van der Waals surface area contributed by atoms with E-state index in [4.69, 9.17) is 11.6 Å². The monoisotopic (exact) mass is 255 g/mol. The van der Waals surface area contributed by atoms with Crippen molar-refractivity contribution in [3.63, 3.8) is 0 Å². The van der Waals surface area contributed by atoms with Crippen molar-refractivity contribution in [1.29, 1.82) is 0 Å². The maximum Gasteiger partial charge on any atom is 0.246 e. The van der Waals surface area contributed by atoms with Gasteiger partial charge in [0.15, 0.2) is 0 Å². The summed E-state index contributed by atoms with van der Waals surface area (Å²) in [6.07, 6.45) is 0. The van der Waals surface area contributed by atoms with Gasteiger partial charge in [0.25, 0.3) is 0 Å². The Balaban J connectivity index is 2.34. The molecule has 2 rings (SSSR count). The third-order valence-corrected chi connectivity index (χ3v) is 3.73. The minimum Gasteiger partial charge on any atom is -0.273 e. The number of thioether (sulfide) groups is 1. The van der Waals surface area contributed by atoms with E-state index in [9.17, 15) is 9.59 Å². The van der Waals surface area contributed by atoms with Gasteiger partial charge in [-0.1, -0.05) is 11.6 Å². The highest BCUT2D eigenvalue weighted by Gasteiger charge is 2.33. The van der Waals surface area contributed by atoms with Gasteiger partial charge in [0.05, 0.1) is 16.7 Å². The van der Waals surface area contributed by atoms with E-state index in [1.165, 1.54) is 16.7 Å². The van der Waals surface area contributed by atoms with E-state index in [-0.39, 0.29) is 17.1 Å². The van der Waals surface area contributed by atoms with Crippen molar-refractivity contribution in [2.45, 2.75) is 12.2 Å². The Bertz CT molecular complexity index is 432. The molecule has 16 heavy (non-hydrogen) atoms. The molecule has 1 aromatic carbocycles. The zero-order valence-corrected chi connectivity index (χ0v) is 10.2. The van der Waals surface area contributed by atoms with Crippen molar-refractivity contribution < 1.29 is 9.59 Å². The molecule has 0 spiro atoms. The van der Waals surface area contributed by atoms with Crippen molar-refractivity contribution in [3.05, 3.63) is 29.3 Å². The predicted octanol–water partition coefficient (Wildman–Crippen LogP) is 2.33. The lowest BCUT2D eigenvalue weighted by Crippen LogP contribution is -2.46. The maximum atomic E-state index is 11.9. The molecule has 1 fully saturated rings. The Kier molecular flexibility index (Phi) is 3.21. The second-order valence-electron chi connectivity index (χ2n) is 3.50. The van der Waals surface area contributed by atoms with E-state index in [1.54, 1.807) is 24.3 Å². The largest absolute Gasteiger partial charge is 0.273 e. The number of rotatable bonds is 1. The fourth-order valence-electron chi connectivity index (χ4n) is 1.50. The normalized spacial score (nSPS) is 21.4. The van der Waals surface area contributed by atoms with Crippen molar-refractivity contribution in [3.8, 4) is 0 Å². The first kappa shape index (κ1) is 11.5. The van der Waals surface area contributed by atoms with Crippen LogP contribution in [0.3, 0.4) is 0 Å². The van der Waals surface area contributed by atoms with Crippen LogP contribution in [0.1, 0.15) is 6.92 Å². The summed E-state index contributed by atoms with van der Waals surface area (Å²) in [6, 6.07) is 6.70. The van der Waals surface area contributed by atoms with Gasteiger partial charge in [-0.3, -0.25) is 9.59 Å². The lowest BCUT2D eigenvalue weighted by Gasteiger charge is -2.28. The van der Waals surface area contributed by atoms with Crippen molar-refractivity contribution in [2.75, 3.05) is 10.7 Å². The van der Waals surface area contributed by atoms with Crippen LogP contribution in [0.15, 0.2) is 24.3 Å². The first-order valence-corrected chi connectivity index (χ1v) is 6.26. The second kappa shape index (κ2) is 4.47. The maximum absolute atomic E-state index is 11.9. The number of imide groups is 1. The Morgan fingerprint density at radius 2 is 1.94 bits per heavy atom. The van der Waals surface area contributed by atoms with Crippen LogP contribution in [0.5, 0.6) is 0 Å². The standard InChI is InChI=1S/C11H10ClNO2S/c1-7-11(15)13(10(14)6-16-7)9-4-2-8(12)3-5-9/h2-5,7H,6H2,1H3. The fraction of sp³-hybridized carbons (Fsp3) is 0.273. The zero-order chi connectivity index (χ0) is 11.7. The molecule has 3 nitrogen and oxygen atoms in total. The molecule has 0 saturated carbocycles. The number of hydrogen-bond donors (Lipinski definition) is 0. The van der Waals surface area contributed by atoms with Crippen LogP contribution in [-0.2, 0) is 9.59 Å². The van der Waals surface area contributed by atoms with Crippen LogP contribution < -0.4 is 4.90 Å². The number of anilines is 1. The molecule has 1 heterocycles. The van der Waals surface area contributed by atoms with E-state index < -0.39 is 0 Å². The minimum absolute atomic E-state index is 0.163. The smallest absolute Gasteiger partial charge is 0.246 e. The Morgan fingerprint density at radius 3 is 2.56 bits per heavy atom. The molecule has 0 aliphatic carbocycles. The number of carbonyl (C=O) groups is 2. The molecule has 0 radical (unpaired) electrons. The molecule has 84 valence electrons. The SMILES string of the molecule is CC1SCC(=O)N(c2ccc(Cl)cc2)C1=O. The molecule has 2 amide bonds. The van der Waals surface area contributed by atoms with Gasteiger partial charge in [-0.2, -0.15) is 0 Å². The first-order valence-electron chi connectivity index (χ1n) is 4.83. The number of benzene rings is 1. The minimum atomic E-state index is -0.173. The van der Waals surface area contributed by atoms with Crippen LogP contribution in [0, 0.1) is 0 Å². The van der Waals surface area contributed by atoms with Crippen LogP contribution in [0.25, 0.3) is 0 Å². The topological polar surface area (TPSA) is 37.4 Å². The number of carbonyl (C=O) groups excluding carboxylic acids is 2. The Hall–Kier alpha value is -1.00. The molecule has 1 saturated heterocycles. The van der Waals surface area contributed by atoms with Crippen molar-refractivity contribution in [1.82, 2.24) is 0 Å². The van der Waals surface area contributed by atoms with Crippen LogP contribution in [-0.4, -0.2) is 22.8 Å². The van der Waals surface area contributed by atoms with Crippen molar-refractivity contribution >= 4 is 40.9 Å². The highest BCUT2D eigenvalue weighted by Crippen LogP contribution is 2.26. The van der Waals surface area contributed by atoms with E-state index in [0.29, 0.717) is 16.5 Å². The molecular weight excluding hydrogens is 246 g/mol. The average Bonchev–Trinajstić information content (AvgIpc) is 2.27. The third kappa shape index (κ3) is 2.08. The summed E-state index contributed by atoms with van der Waals surface area (Å²) in [4.78, 5) is 24.8. The summed E-state index contributed by atoms with van der Waals surface area (Å²) in [5.74, 6) is 0.00853. The summed E-state index contributed by atoms with van der Waals surface area (Å²) >= 11 is 7.13. The lowest BCUT2D eigenvalue weighted by molar-refractivity contribution is -0.125. The number of hydrogen-bond acceptors (Lipinski definition) is 3. The molecule has 1 atom stereocenters. The predicted molar refractivity (Wildman–Crippen MR) is 65.9 cm³/mol. The summed E-state index contributed by atoms with van der Waals surface area (Å²) in [5, 5.41) is 0.413. The van der Waals surface area contributed by atoms with E-state index >= 15 is 0 Å². The van der Waals surface area contributed by atoms with E-state index in [2.05, 4.69) is 0 Å². The van der Waals surface area contributed by atoms with Gasteiger partial charge >= 0.3 is 0 Å². The molecule has 0 bridgehead atoms. The molecule has 1 aliphatic rings. The van der Waals surface area contributed by atoms with E-state index in [1.807, 2.05) is 6.92 Å². The molecule has 1 unspecified atom stereocenters. The highest BCUT2D eigenvalue weighted by atomic mass is 35.5. The zero-order valence-electron chi connectivity index (χ0n) is 8.64. The van der Waals surface area contributed by atoms with Crippen molar-refractivity contribution in [2.24, 2.45) is 0 Å². The van der Waals surface area contributed by atoms with Gasteiger partial charge in [-0.25, -0.2) is 4.90 Å². The number of nitrogens with zero attached hydrogens (tertiary/aromatic N) is 1. The summed E-state index contributed by atoms with van der Waals surface area (Å²) in [5.41, 5.74) is 0.589. The third-order valence-electron chi connectivity index (χ3n) is 2.36. The molecule has 5 heteroatoms. The van der Waals surface area contributed by atoms with Crippen LogP contribution in [0.4, 0.5) is 5.69 Å². The quantitative estimate of drug-likeness (QED) is 0.723. The van der Waals surface area contributed by atoms with Crippen LogP contribution in [0.2, 0.25) is 5.02 Å². The van der Waals surface area contributed by atoms with Crippen LogP contribution >= 0.6 is 23.4 Å². The molecule has 0 aromatic heterocycles. The Labute approximate surface area is 103 Å². The van der Waals surface area contributed by atoms with Gasteiger partial charge in [0.2, 0.25) is 11.8 Å². The second-order valence-corrected chi connectivity index (χ2v) is 5.26. The highest BCUT2D eigenvalue weighted by molar-refractivity contribution is 8.01. The molecular formula is C11H10ClNO2S. The average molecular weight is 256 g/mol. The number of halogens is 1. The molecule has 1 aliphatic heterocycles. The lowest BCUT2D eigenvalue weighted by atomic mass is 10.2.